The fourth-order valence-corrected chi connectivity index (χ4v) is 3.77. The lowest BCUT2D eigenvalue weighted by molar-refractivity contribution is 0.0707. The van der Waals surface area contributed by atoms with Gasteiger partial charge in [0, 0.05) is 5.54 Å². The Balaban J connectivity index is 2.06. The zero-order valence-electron chi connectivity index (χ0n) is 13.4. The summed E-state index contributed by atoms with van der Waals surface area (Å²) >= 11 is 0. The second-order valence-corrected chi connectivity index (χ2v) is 6.44. The highest BCUT2D eigenvalue weighted by Crippen LogP contribution is 2.41. The Labute approximate surface area is 125 Å². The number of nitrogens with zero attached hydrogens (tertiary/aromatic N) is 1. The van der Waals surface area contributed by atoms with Gasteiger partial charge in [0.1, 0.15) is 0 Å². The number of hydrogen-bond donors (Lipinski definition) is 0. The summed E-state index contributed by atoms with van der Waals surface area (Å²) in [6, 6.07) is 11.2. The lowest BCUT2D eigenvalue weighted by Gasteiger charge is -2.45. The lowest BCUT2D eigenvalue weighted by Crippen LogP contribution is -2.45. The molecular formula is C19H31N. The SMILES string of the molecule is CCCCCCN(C)C1(c2ccccc2)CCCCC1. The lowest BCUT2D eigenvalue weighted by atomic mass is 9.75. The molecule has 0 unspecified atom stereocenters. The van der Waals surface area contributed by atoms with E-state index < -0.39 is 0 Å². The molecule has 0 aromatic heterocycles. The molecule has 0 bridgehead atoms. The minimum Gasteiger partial charge on any atom is -0.297 e. The van der Waals surface area contributed by atoms with Gasteiger partial charge in [0.2, 0.25) is 0 Å². The molecule has 1 nitrogen and oxygen atoms in total. The van der Waals surface area contributed by atoms with E-state index in [4.69, 9.17) is 0 Å². The molecule has 1 aliphatic carbocycles. The van der Waals surface area contributed by atoms with E-state index in [1.54, 1.807) is 0 Å². The third-order valence-electron chi connectivity index (χ3n) is 5.07. The summed E-state index contributed by atoms with van der Waals surface area (Å²) in [5.41, 5.74) is 1.85. The van der Waals surface area contributed by atoms with E-state index in [0.29, 0.717) is 5.54 Å². The molecule has 0 radical (unpaired) electrons. The van der Waals surface area contributed by atoms with Gasteiger partial charge in [-0.25, -0.2) is 0 Å². The smallest absolute Gasteiger partial charge is 0.0457 e. The summed E-state index contributed by atoms with van der Waals surface area (Å²) in [4.78, 5) is 2.66. The predicted molar refractivity (Wildman–Crippen MR) is 88.0 cm³/mol. The van der Waals surface area contributed by atoms with Crippen LogP contribution in [-0.4, -0.2) is 18.5 Å². The van der Waals surface area contributed by atoms with Gasteiger partial charge in [0.05, 0.1) is 0 Å². The van der Waals surface area contributed by atoms with E-state index in [1.165, 1.54) is 69.9 Å². The van der Waals surface area contributed by atoms with E-state index in [2.05, 4.69) is 49.2 Å². The summed E-state index contributed by atoms with van der Waals surface area (Å²) < 4.78 is 0. The molecule has 0 atom stereocenters. The van der Waals surface area contributed by atoms with Crippen molar-refractivity contribution in [3.05, 3.63) is 35.9 Å². The Morgan fingerprint density at radius 3 is 2.30 bits per heavy atom. The first-order chi connectivity index (χ1) is 9.79. The molecule has 2 rings (SSSR count). The summed E-state index contributed by atoms with van der Waals surface area (Å²) in [7, 11) is 2.35. The Morgan fingerprint density at radius 1 is 0.950 bits per heavy atom. The van der Waals surface area contributed by atoms with Gasteiger partial charge >= 0.3 is 0 Å². The topological polar surface area (TPSA) is 3.24 Å². The zero-order chi connectivity index (χ0) is 14.3. The summed E-state index contributed by atoms with van der Waals surface area (Å²) in [5, 5.41) is 0. The number of unbranched alkanes of at least 4 members (excludes halogenated alkanes) is 3. The van der Waals surface area contributed by atoms with Crippen molar-refractivity contribution in [2.24, 2.45) is 0 Å². The van der Waals surface area contributed by atoms with Crippen LogP contribution in [-0.2, 0) is 5.54 Å². The van der Waals surface area contributed by atoms with Crippen LogP contribution in [0.2, 0.25) is 0 Å². The van der Waals surface area contributed by atoms with Crippen LogP contribution >= 0.6 is 0 Å². The average molecular weight is 273 g/mol. The van der Waals surface area contributed by atoms with Crippen LogP contribution in [0.1, 0.15) is 70.3 Å². The molecule has 112 valence electrons. The molecule has 0 aliphatic heterocycles. The summed E-state index contributed by atoms with van der Waals surface area (Å²) in [5.74, 6) is 0. The number of rotatable bonds is 7. The molecule has 1 saturated carbocycles. The van der Waals surface area contributed by atoms with Crippen LogP contribution in [0.5, 0.6) is 0 Å². The molecule has 0 spiro atoms. The standard InChI is InChI=1S/C19H31N/c1-3-4-5-12-17-20(2)19(15-10-7-11-16-19)18-13-8-6-9-14-18/h6,8-9,13-14H,3-5,7,10-12,15-17H2,1-2H3. The highest BCUT2D eigenvalue weighted by Gasteiger charge is 2.37. The van der Waals surface area contributed by atoms with Crippen LogP contribution in [0.15, 0.2) is 30.3 Å². The van der Waals surface area contributed by atoms with Gasteiger partial charge in [-0.05, 0) is 38.4 Å². The molecule has 0 amide bonds. The van der Waals surface area contributed by atoms with Gasteiger partial charge in [-0.2, -0.15) is 0 Å². The van der Waals surface area contributed by atoms with Crippen molar-refractivity contribution in [1.29, 1.82) is 0 Å². The largest absolute Gasteiger partial charge is 0.297 e. The van der Waals surface area contributed by atoms with Crippen molar-refractivity contribution in [3.63, 3.8) is 0 Å². The van der Waals surface area contributed by atoms with Crippen LogP contribution in [0.25, 0.3) is 0 Å². The van der Waals surface area contributed by atoms with Gasteiger partial charge in [-0.3, -0.25) is 4.90 Å². The third kappa shape index (κ3) is 3.63. The third-order valence-corrected chi connectivity index (χ3v) is 5.07. The van der Waals surface area contributed by atoms with Crippen molar-refractivity contribution in [2.75, 3.05) is 13.6 Å². The minimum atomic E-state index is 0.311. The molecule has 0 heterocycles. The van der Waals surface area contributed by atoms with E-state index in [-0.39, 0.29) is 0 Å². The average Bonchev–Trinajstić information content (AvgIpc) is 2.53. The quantitative estimate of drug-likeness (QED) is 0.605. The normalized spacial score (nSPS) is 18.4. The van der Waals surface area contributed by atoms with Gasteiger partial charge < -0.3 is 0 Å². The number of hydrogen-bond acceptors (Lipinski definition) is 1. The maximum atomic E-state index is 2.66. The van der Waals surface area contributed by atoms with Crippen molar-refractivity contribution in [3.8, 4) is 0 Å². The number of benzene rings is 1. The molecule has 1 heteroatoms. The molecule has 1 aliphatic rings. The molecule has 1 aromatic rings. The molecule has 0 saturated heterocycles. The fraction of sp³-hybridized carbons (Fsp3) is 0.684. The van der Waals surface area contributed by atoms with Crippen LogP contribution in [0.4, 0.5) is 0 Å². The highest BCUT2D eigenvalue weighted by atomic mass is 15.2. The Morgan fingerprint density at radius 2 is 1.65 bits per heavy atom. The van der Waals surface area contributed by atoms with Crippen molar-refractivity contribution >= 4 is 0 Å². The Hall–Kier alpha value is -0.820. The molecule has 1 fully saturated rings. The fourth-order valence-electron chi connectivity index (χ4n) is 3.77. The summed E-state index contributed by atoms with van der Waals surface area (Å²) in [6.07, 6.45) is 12.3. The van der Waals surface area contributed by atoms with Crippen LogP contribution in [0, 0.1) is 0 Å². The van der Waals surface area contributed by atoms with Gasteiger partial charge in [-0.15, -0.1) is 0 Å². The highest BCUT2D eigenvalue weighted by molar-refractivity contribution is 5.25. The van der Waals surface area contributed by atoms with Crippen molar-refractivity contribution in [1.82, 2.24) is 4.90 Å². The maximum absolute atomic E-state index is 2.66. The van der Waals surface area contributed by atoms with E-state index >= 15 is 0 Å². The second kappa shape index (κ2) is 7.83. The Bertz CT molecular complexity index is 365. The molecule has 1 aromatic carbocycles. The predicted octanol–water partition coefficient (Wildman–Crippen LogP) is 5.36. The first-order valence-corrected chi connectivity index (χ1v) is 8.56. The zero-order valence-corrected chi connectivity index (χ0v) is 13.4. The van der Waals surface area contributed by atoms with E-state index in [0.717, 1.165) is 0 Å². The van der Waals surface area contributed by atoms with E-state index in [1.807, 2.05) is 0 Å². The van der Waals surface area contributed by atoms with E-state index in [9.17, 15) is 0 Å². The van der Waals surface area contributed by atoms with Gasteiger partial charge in [0.25, 0.3) is 0 Å². The molecule has 20 heavy (non-hydrogen) atoms. The van der Waals surface area contributed by atoms with Gasteiger partial charge in [-0.1, -0.05) is 75.8 Å². The molecular weight excluding hydrogens is 242 g/mol. The first kappa shape index (κ1) is 15.6. The van der Waals surface area contributed by atoms with Crippen molar-refractivity contribution < 1.29 is 0 Å². The van der Waals surface area contributed by atoms with Crippen molar-refractivity contribution in [2.45, 2.75) is 70.3 Å². The maximum Gasteiger partial charge on any atom is 0.0457 e. The molecule has 0 N–H and O–H groups in total. The summed E-state index contributed by atoms with van der Waals surface area (Å²) in [6.45, 7) is 3.53. The van der Waals surface area contributed by atoms with Crippen LogP contribution in [0.3, 0.4) is 0 Å². The first-order valence-electron chi connectivity index (χ1n) is 8.56. The van der Waals surface area contributed by atoms with Crippen LogP contribution < -0.4 is 0 Å². The monoisotopic (exact) mass is 273 g/mol. The van der Waals surface area contributed by atoms with Gasteiger partial charge in [0.15, 0.2) is 0 Å². The minimum absolute atomic E-state index is 0.311. The Kier molecular flexibility index (Phi) is 6.09. The second-order valence-electron chi connectivity index (χ2n) is 6.44.